The lowest BCUT2D eigenvalue weighted by Gasteiger charge is -2.11. The number of imidazole rings is 1. The first-order chi connectivity index (χ1) is 9.72. The van der Waals surface area contributed by atoms with E-state index in [2.05, 4.69) is 22.2 Å². The number of benzene rings is 1. The monoisotopic (exact) mass is 270 g/mol. The average Bonchev–Trinajstić information content (AvgIpc) is 2.88. The molecule has 20 heavy (non-hydrogen) atoms. The Morgan fingerprint density at radius 3 is 2.95 bits per heavy atom. The standard InChI is InChI=1S/C15H18N4O/c1-3-8-17-15(20)12-6-4-5-7-13(12)18-11-14-16-9-10-19(14)2/h3-7,9-10,18H,1,8,11H2,2H3,(H,17,20). The first-order valence-corrected chi connectivity index (χ1v) is 6.40. The highest BCUT2D eigenvalue weighted by Crippen LogP contribution is 2.15. The molecule has 0 atom stereocenters. The lowest BCUT2D eigenvalue weighted by Crippen LogP contribution is -2.24. The number of amides is 1. The van der Waals surface area contributed by atoms with Crippen LogP contribution >= 0.6 is 0 Å². The second-order valence-corrected chi connectivity index (χ2v) is 4.35. The van der Waals surface area contributed by atoms with Crippen molar-refractivity contribution < 1.29 is 4.79 Å². The Kier molecular flexibility index (Phi) is 4.55. The number of carbonyl (C=O) groups excluding carboxylic acids is 1. The molecule has 104 valence electrons. The van der Waals surface area contributed by atoms with Crippen LogP contribution in [0.15, 0.2) is 49.3 Å². The third kappa shape index (κ3) is 3.26. The summed E-state index contributed by atoms with van der Waals surface area (Å²) in [5.74, 6) is 0.791. The van der Waals surface area contributed by atoms with Crippen molar-refractivity contribution in [3.8, 4) is 0 Å². The SMILES string of the molecule is C=CCNC(=O)c1ccccc1NCc1nccn1C. The van der Waals surface area contributed by atoms with E-state index < -0.39 is 0 Å². The Balaban J connectivity index is 2.09. The predicted molar refractivity (Wildman–Crippen MR) is 79.5 cm³/mol. The second-order valence-electron chi connectivity index (χ2n) is 4.35. The highest BCUT2D eigenvalue weighted by Gasteiger charge is 2.10. The van der Waals surface area contributed by atoms with Crippen LogP contribution in [0.1, 0.15) is 16.2 Å². The summed E-state index contributed by atoms with van der Waals surface area (Å²) >= 11 is 0. The summed E-state index contributed by atoms with van der Waals surface area (Å²) in [6, 6.07) is 7.41. The lowest BCUT2D eigenvalue weighted by atomic mass is 10.1. The topological polar surface area (TPSA) is 59.0 Å². The van der Waals surface area contributed by atoms with Crippen molar-refractivity contribution in [2.75, 3.05) is 11.9 Å². The van der Waals surface area contributed by atoms with Crippen molar-refractivity contribution in [1.82, 2.24) is 14.9 Å². The molecule has 0 bridgehead atoms. The molecule has 5 heteroatoms. The van der Waals surface area contributed by atoms with Gasteiger partial charge in [0.05, 0.1) is 12.1 Å². The normalized spacial score (nSPS) is 10.1. The van der Waals surface area contributed by atoms with E-state index in [9.17, 15) is 4.79 Å². The van der Waals surface area contributed by atoms with Gasteiger partial charge in [0.15, 0.2) is 0 Å². The van der Waals surface area contributed by atoms with Crippen molar-refractivity contribution in [3.05, 3.63) is 60.7 Å². The number of hydrogen-bond acceptors (Lipinski definition) is 3. The molecule has 0 saturated heterocycles. The van der Waals surface area contributed by atoms with Crippen LogP contribution in [0.25, 0.3) is 0 Å². The van der Waals surface area contributed by atoms with Gasteiger partial charge in [-0.25, -0.2) is 4.98 Å². The summed E-state index contributed by atoms with van der Waals surface area (Å²) in [7, 11) is 1.94. The zero-order valence-corrected chi connectivity index (χ0v) is 11.5. The number of carbonyl (C=O) groups is 1. The van der Waals surface area contributed by atoms with Crippen molar-refractivity contribution in [1.29, 1.82) is 0 Å². The lowest BCUT2D eigenvalue weighted by molar-refractivity contribution is 0.0959. The number of anilines is 1. The molecule has 2 N–H and O–H groups in total. The molecular formula is C15H18N4O. The van der Waals surface area contributed by atoms with Gasteiger partial charge in [0.1, 0.15) is 5.82 Å². The van der Waals surface area contributed by atoms with Crippen LogP contribution in [0, 0.1) is 0 Å². The largest absolute Gasteiger partial charge is 0.377 e. The summed E-state index contributed by atoms with van der Waals surface area (Å²) in [6.45, 7) is 4.60. The molecule has 0 unspecified atom stereocenters. The molecule has 0 aliphatic rings. The van der Waals surface area contributed by atoms with E-state index in [1.54, 1.807) is 18.3 Å². The molecule has 0 aliphatic carbocycles. The van der Waals surface area contributed by atoms with Crippen LogP contribution in [-0.2, 0) is 13.6 Å². The number of para-hydroxylation sites is 1. The van der Waals surface area contributed by atoms with E-state index in [0.29, 0.717) is 18.7 Å². The van der Waals surface area contributed by atoms with Crippen LogP contribution < -0.4 is 10.6 Å². The van der Waals surface area contributed by atoms with Gasteiger partial charge >= 0.3 is 0 Å². The summed E-state index contributed by atoms with van der Waals surface area (Å²) in [6.07, 6.45) is 5.29. The van der Waals surface area contributed by atoms with E-state index in [-0.39, 0.29) is 5.91 Å². The average molecular weight is 270 g/mol. The van der Waals surface area contributed by atoms with E-state index in [1.807, 2.05) is 36.0 Å². The van der Waals surface area contributed by atoms with Crippen molar-refractivity contribution in [2.24, 2.45) is 7.05 Å². The van der Waals surface area contributed by atoms with Gasteiger partial charge in [0.2, 0.25) is 0 Å². The Morgan fingerprint density at radius 2 is 2.25 bits per heavy atom. The highest BCUT2D eigenvalue weighted by atomic mass is 16.1. The maximum atomic E-state index is 12.0. The molecule has 0 spiro atoms. The second kappa shape index (κ2) is 6.56. The quantitative estimate of drug-likeness (QED) is 0.789. The number of hydrogen-bond donors (Lipinski definition) is 2. The minimum Gasteiger partial charge on any atom is -0.377 e. The fraction of sp³-hybridized carbons (Fsp3) is 0.200. The highest BCUT2D eigenvalue weighted by molar-refractivity contribution is 5.99. The Morgan fingerprint density at radius 1 is 1.45 bits per heavy atom. The van der Waals surface area contributed by atoms with Crippen molar-refractivity contribution in [3.63, 3.8) is 0 Å². The third-order valence-corrected chi connectivity index (χ3v) is 2.94. The molecule has 2 rings (SSSR count). The molecule has 5 nitrogen and oxygen atoms in total. The number of nitrogens with zero attached hydrogens (tertiary/aromatic N) is 2. The Hall–Kier alpha value is -2.56. The minimum absolute atomic E-state index is 0.118. The van der Waals surface area contributed by atoms with Gasteiger partial charge in [-0.1, -0.05) is 18.2 Å². The van der Waals surface area contributed by atoms with Crippen LogP contribution in [0.5, 0.6) is 0 Å². The first-order valence-electron chi connectivity index (χ1n) is 6.40. The molecule has 0 fully saturated rings. The van der Waals surface area contributed by atoms with E-state index in [1.165, 1.54) is 0 Å². The molecule has 0 saturated carbocycles. The van der Waals surface area contributed by atoms with Gasteiger partial charge in [0.25, 0.3) is 5.91 Å². The van der Waals surface area contributed by atoms with Gasteiger partial charge in [0, 0.05) is 31.7 Å². The number of aromatic nitrogens is 2. The van der Waals surface area contributed by atoms with Crippen LogP contribution in [0.2, 0.25) is 0 Å². The van der Waals surface area contributed by atoms with Crippen LogP contribution in [0.3, 0.4) is 0 Å². The number of nitrogens with one attached hydrogen (secondary N) is 2. The molecule has 0 aliphatic heterocycles. The molecule has 0 radical (unpaired) electrons. The zero-order chi connectivity index (χ0) is 14.4. The van der Waals surface area contributed by atoms with Crippen LogP contribution in [0.4, 0.5) is 5.69 Å². The minimum atomic E-state index is -0.118. The van der Waals surface area contributed by atoms with E-state index >= 15 is 0 Å². The third-order valence-electron chi connectivity index (χ3n) is 2.94. The van der Waals surface area contributed by atoms with Gasteiger partial charge in [-0.2, -0.15) is 0 Å². The van der Waals surface area contributed by atoms with Gasteiger partial charge < -0.3 is 15.2 Å². The zero-order valence-electron chi connectivity index (χ0n) is 11.5. The Bertz CT molecular complexity index is 603. The van der Waals surface area contributed by atoms with E-state index in [0.717, 1.165) is 11.5 Å². The molecule has 1 amide bonds. The van der Waals surface area contributed by atoms with Gasteiger partial charge in [-0.05, 0) is 12.1 Å². The maximum absolute atomic E-state index is 12.0. The number of aryl methyl sites for hydroxylation is 1. The van der Waals surface area contributed by atoms with E-state index in [4.69, 9.17) is 0 Å². The number of rotatable bonds is 6. The smallest absolute Gasteiger partial charge is 0.253 e. The molecule has 1 heterocycles. The molecule has 2 aromatic rings. The molecule has 1 aromatic heterocycles. The molecule has 1 aromatic carbocycles. The summed E-state index contributed by atoms with van der Waals surface area (Å²) < 4.78 is 1.94. The fourth-order valence-electron chi connectivity index (χ4n) is 1.84. The van der Waals surface area contributed by atoms with Crippen molar-refractivity contribution >= 4 is 11.6 Å². The molecular weight excluding hydrogens is 252 g/mol. The van der Waals surface area contributed by atoms with Gasteiger partial charge in [-0.3, -0.25) is 4.79 Å². The maximum Gasteiger partial charge on any atom is 0.253 e. The summed E-state index contributed by atoms with van der Waals surface area (Å²) in [5.41, 5.74) is 1.40. The predicted octanol–water partition coefficient (Wildman–Crippen LogP) is 1.95. The Labute approximate surface area is 118 Å². The van der Waals surface area contributed by atoms with Crippen molar-refractivity contribution in [2.45, 2.75) is 6.54 Å². The first kappa shape index (κ1) is 13.9. The fourth-order valence-corrected chi connectivity index (χ4v) is 1.84. The van der Waals surface area contributed by atoms with Crippen LogP contribution in [-0.4, -0.2) is 22.0 Å². The summed E-state index contributed by atoms with van der Waals surface area (Å²) in [4.78, 5) is 16.3. The van der Waals surface area contributed by atoms with Gasteiger partial charge in [-0.15, -0.1) is 6.58 Å². The summed E-state index contributed by atoms with van der Waals surface area (Å²) in [5, 5.41) is 6.02.